The maximum Gasteiger partial charge on any atom is 0.305 e. The molecular formula is C83H153NO10. The Labute approximate surface area is 579 Å². The summed E-state index contributed by atoms with van der Waals surface area (Å²) in [6.45, 7) is 4.34. The van der Waals surface area contributed by atoms with Crippen molar-refractivity contribution in [1.82, 2.24) is 5.32 Å². The normalized spacial score (nSPS) is 17.7. The van der Waals surface area contributed by atoms with Crippen molar-refractivity contribution >= 4 is 11.9 Å². The third-order valence-electron chi connectivity index (χ3n) is 19.1. The summed E-state index contributed by atoms with van der Waals surface area (Å²) >= 11 is 0. The van der Waals surface area contributed by atoms with Crippen molar-refractivity contribution in [2.45, 2.75) is 436 Å². The van der Waals surface area contributed by atoms with Gasteiger partial charge in [-0.3, -0.25) is 9.59 Å². The number of aliphatic hydroxyl groups is 5. The molecule has 0 bridgehead atoms. The van der Waals surface area contributed by atoms with Crippen LogP contribution in [0.25, 0.3) is 0 Å². The SMILES string of the molecule is CCCCC/C=C\C/C=C\CCCCCCCCCC(=O)OCCCCCCCCCCCCCCCCC/C=C\C/C=C\CCCCCCCCCCCCCCCCCCCC(=O)NC(COC1OC(CO)C(O)C(O)C1O)C(O)/C=C/CCCCCCCCCC. The van der Waals surface area contributed by atoms with Crippen LogP contribution in [-0.2, 0) is 23.8 Å². The number of hydrogen-bond donors (Lipinski definition) is 6. The van der Waals surface area contributed by atoms with E-state index in [4.69, 9.17) is 14.2 Å². The number of ether oxygens (including phenoxy) is 3. The number of aliphatic hydroxyl groups excluding tert-OH is 5. The van der Waals surface area contributed by atoms with Gasteiger partial charge in [-0.2, -0.15) is 0 Å². The third kappa shape index (κ3) is 59.4. The molecule has 1 rings (SSSR count). The predicted octanol–water partition coefficient (Wildman–Crippen LogP) is 22.0. The van der Waals surface area contributed by atoms with E-state index in [0.717, 1.165) is 70.6 Å². The average molecular weight is 1330 g/mol. The van der Waals surface area contributed by atoms with Crippen molar-refractivity contribution < 1.29 is 49.3 Å². The Balaban J connectivity index is 1.87. The summed E-state index contributed by atoms with van der Waals surface area (Å²) < 4.78 is 16.8. The van der Waals surface area contributed by atoms with Crippen molar-refractivity contribution in [2.75, 3.05) is 19.8 Å². The van der Waals surface area contributed by atoms with E-state index in [0.29, 0.717) is 19.4 Å². The lowest BCUT2D eigenvalue weighted by atomic mass is 9.99. The first kappa shape index (κ1) is 89.4. The van der Waals surface area contributed by atoms with E-state index in [1.165, 1.54) is 295 Å². The van der Waals surface area contributed by atoms with Crippen LogP contribution in [0.15, 0.2) is 60.8 Å². The zero-order chi connectivity index (χ0) is 67.9. The van der Waals surface area contributed by atoms with E-state index in [9.17, 15) is 35.1 Å². The molecule has 0 saturated carbocycles. The maximum absolute atomic E-state index is 13.0. The summed E-state index contributed by atoms with van der Waals surface area (Å²) in [5, 5.41) is 54.4. The van der Waals surface area contributed by atoms with Crippen LogP contribution in [0.3, 0.4) is 0 Å². The fraction of sp³-hybridized carbons (Fsp3) is 0.855. The van der Waals surface area contributed by atoms with Crippen molar-refractivity contribution in [3.8, 4) is 0 Å². The highest BCUT2D eigenvalue weighted by molar-refractivity contribution is 5.76. The van der Waals surface area contributed by atoms with E-state index in [1.54, 1.807) is 6.08 Å². The summed E-state index contributed by atoms with van der Waals surface area (Å²) in [5.74, 6) is -0.172. The monoisotopic (exact) mass is 1320 g/mol. The van der Waals surface area contributed by atoms with Crippen LogP contribution < -0.4 is 5.32 Å². The molecule has 1 heterocycles. The molecule has 1 aliphatic rings. The van der Waals surface area contributed by atoms with Gasteiger partial charge in [0, 0.05) is 12.8 Å². The number of hydrogen-bond acceptors (Lipinski definition) is 10. The quantitative estimate of drug-likeness (QED) is 0.0195. The van der Waals surface area contributed by atoms with Crippen molar-refractivity contribution in [2.24, 2.45) is 0 Å². The fourth-order valence-corrected chi connectivity index (χ4v) is 12.7. The van der Waals surface area contributed by atoms with Gasteiger partial charge < -0.3 is 45.1 Å². The van der Waals surface area contributed by atoms with Gasteiger partial charge in [-0.1, -0.05) is 344 Å². The van der Waals surface area contributed by atoms with Crippen LogP contribution in [0.2, 0.25) is 0 Å². The van der Waals surface area contributed by atoms with Crippen molar-refractivity contribution in [3.05, 3.63) is 60.8 Å². The van der Waals surface area contributed by atoms with Gasteiger partial charge in [-0.05, 0) is 96.3 Å². The highest BCUT2D eigenvalue weighted by Crippen LogP contribution is 2.24. The topological polar surface area (TPSA) is 175 Å². The van der Waals surface area contributed by atoms with Gasteiger partial charge in [-0.25, -0.2) is 0 Å². The third-order valence-corrected chi connectivity index (χ3v) is 19.1. The highest BCUT2D eigenvalue weighted by atomic mass is 16.7. The molecule has 11 nitrogen and oxygen atoms in total. The van der Waals surface area contributed by atoms with E-state index >= 15 is 0 Å². The lowest BCUT2D eigenvalue weighted by Crippen LogP contribution is -2.60. The first-order valence-corrected chi connectivity index (χ1v) is 40.6. The van der Waals surface area contributed by atoms with Gasteiger partial charge in [0.05, 0.1) is 32.0 Å². The second kappa shape index (κ2) is 71.6. The molecule has 0 aromatic carbocycles. The highest BCUT2D eigenvalue weighted by Gasteiger charge is 2.44. The van der Waals surface area contributed by atoms with E-state index < -0.39 is 49.5 Å². The number of carbonyl (C=O) groups is 2. The molecule has 0 spiro atoms. The molecule has 94 heavy (non-hydrogen) atoms. The minimum atomic E-state index is -1.57. The summed E-state index contributed by atoms with van der Waals surface area (Å²) in [6, 6.07) is -0.807. The molecule has 0 aromatic rings. The number of unbranched alkanes of at least 4 members (excludes halogenated alkanes) is 50. The molecule has 0 aromatic heterocycles. The Bertz CT molecular complexity index is 1750. The molecule has 1 aliphatic heterocycles. The zero-order valence-electron chi connectivity index (χ0n) is 61.4. The first-order chi connectivity index (χ1) is 46.2. The van der Waals surface area contributed by atoms with Gasteiger partial charge in [0.1, 0.15) is 24.4 Å². The van der Waals surface area contributed by atoms with Gasteiger partial charge in [0.25, 0.3) is 0 Å². The largest absolute Gasteiger partial charge is 0.466 e. The van der Waals surface area contributed by atoms with Crippen LogP contribution in [-0.4, -0.2) is 100 Å². The molecule has 0 aliphatic carbocycles. The Morgan fingerprint density at radius 2 is 0.713 bits per heavy atom. The number of allylic oxidation sites excluding steroid dienone is 9. The molecule has 11 heteroatoms. The standard InChI is InChI=1S/C83H153NO10/c1-3-5-7-9-11-13-15-16-17-41-45-48-51-55-59-63-67-71-79(88)92-72-68-64-60-56-52-49-46-43-40-38-36-34-32-30-28-26-24-22-20-18-19-21-23-25-27-29-31-33-35-37-39-42-44-47-50-54-58-62-66-70-78(87)84-75(74-93-83-82(91)81(90)80(89)77(73-85)94-83)76(86)69-65-61-57-53-14-12-10-8-6-4-2/h11,13,16-19,22,24,65,69,75-77,80-83,85-86,89-91H,3-10,12,14-15,20-21,23,25-64,66-68,70-74H2,1-2H3,(H,84,87)/b13-11-,17-16-,19-18-,24-22-,69-65+. The maximum atomic E-state index is 13.0. The van der Waals surface area contributed by atoms with Crippen molar-refractivity contribution in [1.29, 1.82) is 0 Å². The van der Waals surface area contributed by atoms with Gasteiger partial charge in [0.15, 0.2) is 6.29 Å². The summed E-state index contributed by atoms with van der Waals surface area (Å²) in [5.41, 5.74) is 0. The fourth-order valence-electron chi connectivity index (χ4n) is 12.7. The predicted molar refractivity (Wildman–Crippen MR) is 398 cm³/mol. The van der Waals surface area contributed by atoms with Crippen molar-refractivity contribution in [3.63, 3.8) is 0 Å². The molecule has 1 fully saturated rings. The number of amides is 1. The van der Waals surface area contributed by atoms with Crippen LogP contribution >= 0.6 is 0 Å². The molecule has 0 radical (unpaired) electrons. The van der Waals surface area contributed by atoms with Crippen LogP contribution in [0.4, 0.5) is 0 Å². The van der Waals surface area contributed by atoms with Crippen LogP contribution in [0.1, 0.15) is 393 Å². The van der Waals surface area contributed by atoms with E-state index in [2.05, 4.69) is 67.8 Å². The Morgan fingerprint density at radius 1 is 0.394 bits per heavy atom. The molecule has 550 valence electrons. The molecular weight excluding hydrogens is 1170 g/mol. The number of nitrogens with one attached hydrogen (secondary N) is 1. The minimum Gasteiger partial charge on any atom is -0.466 e. The average Bonchev–Trinajstić information content (AvgIpc) is 0.854. The lowest BCUT2D eigenvalue weighted by molar-refractivity contribution is -0.302. The van der Waals surface area contributed by atoms with E-state index in [-0.39, 0.29) is 18.5 Å². The molecule has 1 amide bonds. The molecule has 6 N–H and O–H groups in total. The Hall–Kier alpha value is -2.64. The van der Waals surface area contributed by atoms with E-state index in [1.807, 2.05) is 6.08 Å². The Kier molecular flexibility index (Phi) is 68.1. The second-order valence-electron chi connectivity index (χ2n) is 28.1. The smallest absolute Gasteiger partial charge is 0.305 e. The summed E-state index contributed by atoms with van der Waals surface area (Å²) in [7, 11) is 0. The number of rotatable bonds is 72. The molecule has 7 atom stereocenters. The van der Waals surface area contributed by atoms with Gasteiger partial charge >= 0.3 is 5.97 Å². The lowest BCUT2D eigenvalue weighted by Gasteiger charge is -2.40. The second-order valence-corrected chi connectivity index (χ2v) is 28.1. The number of esters is 1. The summed E-state index contributed by atoms with van der Waals surface area (Å²) in [6.07, 6.45) is 87.0. The first-order valence-electron chi connectivity index (χ1n) is 40.6. The Morgan fingerprint density at radius 3 is 1.10 bits per heavy atom. The molecule has 1 saturated heterocycles. The van der Waals surface area contributed by atoms with Gasteiger partial charge in [-0.15, -0.1) is 0 Å². The van der Waals surface area contributed by atoms with Gasteiger partial charge in [0.2, 0.25) is 5.91 Å². The molecule has 7 unspecified atom stereocenters. The van der Waals surface area contributed by atoms with Crippen LogP contribution in [0.5, 0.6) is 0 Å². The van der Waals surface area contributed by atoms with Crippen LogP contribution in [0, 0.1) is 0 Å². The zero-order valence-corrected chi connectivity index (χ0v) is 61.4. The number of carbonyl (C=O) groups excluding carboxylic acids is 2. The minimum absolute atomic E-state index is 0.00695. The summed E-state index contributed by atoms with van der Waals surface area (Å²) in [4.78, 5) is 25.2.